The van der Waals surface area contributed by atoms with E-state index in [0.717, 1.165) is 26.4 Å². The van der Waals surface area contributed by atoms with Gasteiger partial charge in [-0.3, -0.25) is 15.1 Å². The molecular formula is C23H18BrN5O2S. The lowest BCUT2D eigenvalue weighted by Crippen LogP contribution is -2.00. The summed E-state index contributed by atoms with van der Waals surface area (Å²) < 4.78 is 2.93. The minimum Gasteiger partial charge on any atom is -0.302 e. The molecule has 0 unspecified atom stereocenters. The van der Waals surface area contributed by atoms with Crippen LogP contribution in [0.25, 0.3) is 11.4 Å². The van der Waals surface area contributed by atoms with Crippen molar-refractivity contribution in [2.24, 2.45) is 4.99 Å². The lowest BCUT2D eigenvalue weighted by Gasteiger charge is -2.09. The molecule has 4 rings (SSSR count). The molecule has 160 valence electrons. The fraction of sp³-hybridized carbons (Fsp3) is 0.0870. The highest BCUT2D eigenvalue weighted by atomic mass is 79.9. The molecule has 9 heteroatoms. The summed E-state index contributed by atoms with van der Waals surface area (Å²) in [6, 6.07) is 22.1. The van der Waals surface area contributed by atoms with Gasteiger partial charge in [-0.05, 0) is 43.0 Å². The van der Waals surface area contributed by atoms with Crippen LogP contribution in [0.15, 0.2) is 92.3 Å². The zero-order valence-electron chi connectivity index (χ0n) is 17.1. The summed E-state index contributed by atoms with van der Waals surface area (Å²) in [5.74, 6) is 0.780. The van der Waals surface area contributed by atoms with Crippen molar-refractivity contribution in [3.63, 3.8) is 0 Å². The van der Waals surface area contributed by atoms with Crippen molar-refractivity contribution >= 4 is 45.3 Å². The highest BCUT2D eigenvalue weighted by Crippen LogP contribution is 2.33. The number of halogens is 1. The van der Waals surface area contributed by atoms with Gasteiger partial charge in [0.25, 0.3) is 5.69 Å². The molecule has 32 heavy (non-hydrogen) atoms. The van der Waals surface area contributed by atoms with E-state index in [4.69, 9.17) is 0 Å². The first-order chi connectivity index (χ1) is 15.5. The van der Waals surface area contributed by atoms with Crippen molar-refractivity contribution < 1.29 is 4.92 Å². The van der Waals surface area contributed by atoms with Gasteiger partial charge in [0.2, 0.25) is 0 Å². The van der Waals surface area contributed by atoms with E-state index in [1.54, 1.807) is 12.3 Å². The van der Waals surface area contributed by atoms with Crippen molar-refractivity contribution in [1.82, 2.24) is 14.8 Å². The maximum absolute atomic E-state index is 11.3. The Kier molecular flexibility index (Phi) is 6.77. The molecule has 4 aromatic rings. The van der Waals surface area contributed by atoms with Crippen molar-refractivity contribution in [2.75, 3.05) is 0 Å². The van der Waals surface area contributed by atoms with Crippen molar-refractivity contribution in [3.8, 4) is 11.4 Å². The van der Waals surface area contributed by atoms with Crippen LogP contribution in [0.2, 0.25) is 0 Å². The van der Waals surface area contributed by atoms with E-state index in [2.05, 4.69) is 31.1 Å². The van der Waals surface area contributed by atoms with Gasteiger partial charge in [-0.2, -0.15) is 0 Å². The molecule has 7 nitrogen and oxygen atoms in total. The summed E-state index contributed by atoms with van der Waals surface area (Å²) in [4.78, 5) is 16.2. The van der Waals surface area contributed by atoms with Gasteiger partial charge in [-0.15, -0.1) is 10.2 Å². The molecule has 1 heterocycles. The second kappa shape index (κ2) is 9.88. The maximum atomic E-state index is 11.3. The molecule has 0 N–H and O–H groups in total. The molecule has 0 amide bonds. The summed E-state index contributed by atoms with van der Waals surface area (Å²) in [5, 5.41) is 20.8. The smallest absolute Gasteiger partial charge is 0.270 e. The number of hydrogen-bond donors (Lipinski definition) is 0. The normalized spacial score (nSPS) is 11.2. The van der Waals surface area contributed by atoms with Gasteiger partial charge < -0.3 is 4.57 Å². The third-order valence-electron chi connectivity index (χ3n) is 4.63. The molecule has 0 saturated carbocycles. The standard InChI is InChI=1S/C23H18BrN5O2S/c1-2-28-22(16-7-4-3-5-8-16)26-27-23(28)32-21-12-11-20(29(30)31)13-17(21)15-25-19-10-6-9-18(24)14-19/h3-15H,2H2,1H3. The van der Waals surface area contributed by atoms with Crippen LogP contribution in [0.3, 0.4) is 0 Å². The van der Waals surface area contributed by atoms with E-state index >= 15 is 0 Å². The van der Waals surface area contributed by atoms with Crippen LogP contribution in [0, 0.1) is 10.1 Å². The molecule has 3 aromatic carbocycles. The van der Waals surface area contributed by atoms with Crippen molar-refractivity contribution in [1.29, 1.82) is 0 Å². The zero-order chi connectivity index (χ0) is 22.5. The van der Waals surface area contributed by atoms with Gasteiger partial charge >= 0.3 is 0 Å². The summed E-state index contributed by atoms with van der Waals surface area (Å²) >= 11 is 4.84. The van der Waals surface area contributed by atoms with Gasteiger partial charge in [0.1, 0.15) is 0 Å². The minimum atomic E-state index is -0.410. The third kappa shape index (κ3) is 4.95. The van der Waals surface area contributed by atoms with E-state index in [-0.39, 0.29) is 5.69 Å². The predicted molar refractivity (Wildman–Crippen MR) is 130 cm³/mol. The highest BCUT2D eigenvalue weighted by molar-refractivity contribution is 9.10. The second-order valence-electron chi connectivity index (χ2n) is 6.74. The number of nitrogens with zero attached hydrogens (tertiary/aromatic N) is 5. The Morgan fingerprint density at radius 1 is 1.09 bits per heavy atom. The quantitative estimate of drug-likeness (QED) is 0.161. The highest BCUT2D eigenvalue weighted by Gasteiger charge is 2.17. The van der Waals surface area contributed by atoms with Crippen molar-refractivity contribution in [2.45, 2.75) is 23.5 Å². The third-order valence-corrected chi connectivity index (χ3v) is 6.20. The summed E-state index contributed by atoms with van der Waals surface area (Å²) in [6.45, 7) is 2.72. The van der Waals surface area contributed by atoms with Crippen LogP contribution >= 0.6 is 27.7 Å². The van der Waals surface area contributed by atoms with Gasteiger partial charge in [0.05, 0.1) is 10.6 Å². The lowest BCUT2D eigenvalue weighted by molar-refractivity contribution is -0.384. The molecule has 0 aliphatic rings. The Balaban J connectivity index is 1.71. The first-order valence-corrected chi connectivity index (χ1v) is 11.4. The SMILES string of the molecule is CCn1c(Sc2ccc([N+](=O)[O-])cc2C=Nc2cccc(Br)c2)nnc1-c1ccccc1. The van der Waals surface area contributed by atoms with E-state index in [1.165, 1.54) is 23.9 Å². The van der Waals surface area contributed by atoms with E-state index in [1.807, 2.05) is 66.1 Å². The van der Waals surface area contributed by atoms with Crippen LogP contribution in [0.1, 0.15) is 12.5 Å². The predicted octanol–water partition coefficient (Wildman–Crippen LogP) is 6.54. The van der Waals surface area contributed by atoms with Gasteiger partial charge in [-0.1, -0.05) is 52.3 Å². The average molecular weight is 508 g/mol. The molecule has 0 spiro atoms. The number of rotatable bonds is 7. The fourth-order valence-electron chi connectivity index (χ4n) is 3.09. The largest absolute Gasteiger partial charge is 0.302 e. The number of non-ortho nitro benzene ring substituents is 1. The average Bonchev–Trinajstić information content (AvgIpc) is 3.21. The van der Waals surface area contributed by atoms with E-state index in [0.29, 0.717) is 17.3 Å². The Bertz CT molecular complexity index is 1290. The van der Waals surface area contributed by atoms with E-state index in [9.17, 15) is 10.1 Å². The van der Waals surface area contributed by atoms with Gasteiger partial charge in [0.15, 0.2) is 11.0 Å². The van der Waals surface area contributed by atoms with Crippen LogP contribution in [0.4, 0.5) is 11.4 Å². The first kappa shape index (κ1) is 21.9. The Labute approximate surface area is 197 Å². The fourth-order valence-corrected chi connectivity index (χ4v) is 4.45. The molecule has 0 saturated heterocycles. The molecule has 0 aliphatic carbocycles. The summed E-state index contributed by atoms with van der Waals surface area (Å²) in [7, 11) is 0. The molecular weight excluding hydrogens is 490 g/mol. The Hall–Kier alpha value is -3.30. The molecule has 1 aromatic heterocycles. The molecule has 0 bridgehead atoms. The van der Waals surface area contributed by atoms with Gasteiger partial charge in [0, 0.05) is 45.4 Å². The second-order valence-corrected chi connectivity index (χ2v) is 8.66. The molecule has 0 aliphatic heterocycles. The Morgan fingerprint density at radius 3 is 2.62 bits per heavy atom. The van der Waals surface area contributed by atoms with Crippen LogP contribution in [-0.4, -0.2) is 25.9 Å². The van der Waals surface area contributed by atoms with E-state index < -0.39 is 4.92 Å². The zero-order valence-corrected chi connectivity index (χ0v) is 19.5. The minimum absolute atomic E-state index is 0.00646. The monoisotopic (exact) mass is 507 g/mol. The number of aliphatic imine (C=N–C) groups is 1. The number of nitro benzene ring substituents is 1. The topological polar surface area (TPSA) is 86.2 Å². The van der Waals surface area contributed by atoms with Crippen LogP contribution < -0.4 is 0 Å². The molecule has 0 fully saturated rings. The number of nitro groups is 1. The summed E-state index contributed by atoms with van der Waals surface area (Å²) in [6.07, 6.45) is 1.64. The Morgan fingerprint density at radius 2 is 1.91 bits per heavy atom. The molecule has 0 atom stereocenters. The number of hydrogen-bond acceptors (Lipinski definition) is 6. The maximum Gasteiger partial charge on any atom is 0.270 e. The molecule has 0 radical (unpaired) electrons. The number of benzene rings is 3. The van der Waals surface area contributed by atoms with Crippen LogP contribution in [-0.2, 0) is 6.54 Å². The van der Waals surface area contributed by atoms with Gasteiger partial charge in [-0.25, -0.2) is 0 Å². The van der Waals surface area contributed by atoms with Crippen LogP contribution in [0.5, 0.6) is 0 Å². The lowest BCUT2D eigenvalue weighted by atomic mass is 10.2. The van der Waals surface area contributed by atoms with Crippen molar-refractivity contribution in [3.05, 3.63) is 92.9 Å². The summed E-state index contributed by atoms with van der Waals surface area (Å²) in [5.41, 5.74) is 2.36. The first-order valence-electron chi connectivity index (χ1n) is 9.79. The number of aromatic nitrogens is 3.